The summed E-state index contributed by atoms with van der Waals surface area (Å²) in [5.41, 5.74) is 1.48. The number of ether oxygens (including phenoxy) is 2. The van der Waals surface area contributed by atoms with Gasteiger partial charge in [0.1, 0.15) is 11.2 Å². The molecular weight excluding hydrogens is 312 g/mol. The van der Waals surface area contributed by atoms with E-state index >= 15 is 0 Å². The highest BCUT2D eigenvalue weighted by atomic mass is 16.6. The zero-order valence-corrected chi connectivity index (χ0v) is 13.3. The first-order valence-corrected chi connectivity index (χ1v) is 7.54. The predicted molar refractivity (Wildman–Crippen MR) is 87.9 cm³/mol. The van der Waals surface area contributed by atoms with Crippen LogP contribution in [0.3, 0.4) is 0 Å². The van der Waals surface area contributed by atoms with Crippen LogP contribution in [0.25, 0.3) is 16.7 Å². The van der Waals surface area contributed by atoms with Gasteiger partial charge in [-0.05, 0) is 26.0 Å². The Hall–Kier alpha value is -3.16. The number of benzene rings is 2. The Morgan fingerprint density at radius 1 is 1.12 bits per heavy atom. The Balaban J connectivity index is 2.25. The number of nitrogens with zero attached hydrogens (tertiary/aromatic N) is 4. The van der Waals surface area contributed by atoms with E-state index in [0.29, 0.717) is 35.7 Å². The minimum absolute atomic E-state index is 0.127. The van der Waals surface area contributed by atoms with Gasteiger partial charge in [-0.1, -0.05) is 17.3 Å². The van der Waals surface area contributed by atoms with Gasteiger partial charge in [-0.25, -0.2) is 4.68 Å². The van der Waals surface area contributed by atoms with Crippen LogP contribution >= 0.6 is 0 Å². The van der Waals surface area contributed by atoms with Crippen molar-refractivity contribution in [1.29, 1.82) is 0 Å². The number of rotatable bonds is 6. The normalized spacial score (nSPS) is 10.8. The lowest BCUT2D eigenvalue weighted by atomic mass is 10.2. The molecule has 0 spiro atoms. The van der Waals surface area contributed by atoms with Crippen molar-refractivity contribution in [2.24, 2.45) is 0 Å². The molecular formula is C16H16N4O4. The van der Waals surface area contributed by atoms with Crippen LogP contribution in [0, 0.1) is 10.1 Å². The van der Waals surface area contributed by atoms with Gasteiger partial charge in [0, 0.05) is 6.07 Å². The molecule has 0 aliphatic heterocycles. The van der Waals surface area contributed by atoms with Crippen molar-refractivity contribution in [1.82, 2.24) is 15.0 Å². The fourth-order valence-electron chi connectivity index (χ4n) is 2.44. The van der Waals surface area contributed by atoms with Crippen LogP contribution in [0.2, 0.25) is 0 Å². The van der Waals surface area contributed by atoms with Gasteiger partial charge in [0.2, 0.25) is 0 Å². The molecule has 0 amide bonds. The fraction of sp³-hybridized carbons (Fsp3) is 0.250. The summed E-state index contributed by atoms with van der Waals surface area (Å²) < 4.78 is 12.5. The standard InChI is InChI=1S/C16H16N4O4/c1-3-23-15-9-13(14(20(21)22)10-16(15)24-4-2)19-12-8-6-5-7-11(12)17-18-19/h5-10H,3-4H2,1-2H3. The molecule has 8 heteroatoms. The second kappa shape index (κ2) is 6.53. The summed E-state index contributed by atoms with van der Waals surface area (Å²) >= 11 is 0. The van der Waals surface area contributed by atoms with Crippen molar-refractivity contribution < 1.29 is 14.4 Å². The first kappa shape index (κ1) is 15.7. The maximum atomic E-state index is 11.5. The van der Waals surface area contributed by atoms with Crippen molar-refractivity contribution in [2.45, 2.75) is 13.8 Å². The van der Waals surface area contributed by atoms with Crippen molar-refractivity contribution in [3.63, 3.8) is 0 Å². The Kier molecular flexibility index (Phi) is 4.28. The third-order valence-corrected chi connectivity index (χ3v) is 3.42. The average Bonchev–Trinajstić information content (AvgIpc) is 3.00. The molecule has 0 N–H and O–H groups in total. The third kappa shape index (κ3) is 2.73. The van der Waals surface area contributed by atoms with Gasteiger partial charge in [0.15, 0.2) is 11.5 Å². The summed E-state index contributed by atoms with van der Waals surface area (Å²) in [6.07, 6.45) is 0. The summed E-state index contributed by atoms with van der Waals surface area (Å²) in [7, 11) is 0. The van der Waals surface area contributed by atoms with Gasteiger partial charge in [0.05, 0.1) is 29.7 Å². The summed E-state index contributed by atoms with van der Waals surface area (Å²) in [5.74, 6) is 0.763. The second-order valence-electron chi connectivity index (χ2n) is 4.90. The predicted octanol–water partition coefficient (Wildman–Crippen LogP) is 3.13. The summed E-state index contributed by atoms with van der Waals surface area (Å²) in [5, 5.41) is 19.6. The number of nitro groups is 1. The topological polar surface area (TPSA) is 92.3 Å². The van der Waals surface area contributed by atoms with Gasteiger partial charge in [0.25, 0.3) is 5.69 Å². The highest BCUT2D eigenvalue weighted by Crippen LogP contribution is 2.37. The van der Waals surface area contributed by atoms with Crippen molar-refractivity contribution >= 4 is 16.7 Å². The molecule has 0 radical (unpaired) electrons. The molecule has 0 saturated carbocycles. The lowest BCUT2D eigenvalue weighted by Gasteiger charge is -2.13. The molecule has 0 aliphatic carbocycles. The Bertz CT molecular complexity index is 891. The zero-order valence-electron chi connectivity index (χ0n) is 13.3. The lowest BCUT2D eigenvalue weighted by molar-refractivity contribution is -0.384. The Labute approximate surface area is 137 Å². The van der Waals surface area contributed by atoms with Crippen LogP contribution < -0.4 is 9.47 Å². The highest BCUT2D eigenvalue weighted by molar-refractivity contribution is 5.77. The van der Waals surface area contributed by atoms with Gasteiger partial charge < -0.3 is 9.47 Å². The Morgan fingerprint density at radius 2 is 1.79 bits per heavy atom. The van der Waals surface area contributed by atoms with Gasteiger partial charge in [-0.3, -0.25) is 10.1 Å². The van der Waals surface area contributed by atoms with Gasteiger partial charge >= 0.3 is 0 Å². The molecule has 3 aromatic rings. The van der Waals surface area contributed by atoms with Crippen LogP contribution in [0.15, 0.2) is 36.4 Å². The first-order chi connectivity index (χ1) is 11.7. The summed E-state index contributed by atoms with van der Waals surface area (Å²) in [4.78, 5) is 11.1. The lowest BCUT2D eigenvalue weighted by Crippen LogP contribution is -2.05. The maximum absolute atomic E-state index is 11.5. The average molecular weight is 328 g/mol. The van der Waals surface area contributed by atoms with E-state index in [4.69, 9.17) is 9.47 Å². The number of hydrogen-bond donors (Lipinski definition) is 0. The highest BCUT2D eigenvalue weighted by Gasteiger charge is 2.23. The molecule has 0 fully saturated rings. The number of hydrogen-bond acceptors (Lipinski definition) is 6. The second-order valence-corrected chi connectivity index (χ2v) is 4.90. The Morgan fingerprint density at radius 3 is 2.46 bits per heavy atom. The molecule has 0 unspecified atom stereocenters. The molecule has 0 atom stereocenters. The number of nitro benzene ring substituents is 1. The SMILES string of the molecule is CCOc1cc(-n2nnc3ccccc32)c([N+](=O)[O-])cc1OCC. The quantitative estimate of drug-likeness (QED) is 0.510. The van der Waals surface area contributed by atoms with Crippen molar-refractivity contribution in [3.8, 4) is 17.2 Å². The molecule has 24 heavy (non-hydrogen) atoms. The number of aromatic nitrogens is 3. The summed E-state index contributed by atoms with van der Waals surface area (Å²) in [6, 6.07) is 10.2. The first-order valence-electron chi connectivity index (χ1n) is 7.54. The van der Waals surface area contributed by atoms with E-state index in [1.54, 1.807) is 25.1 Å². The van der Waals surface area contributed by atoms with E-state index in [-0.39, 0.29) is 11.4 Å². The monoisotopic (exact) mass is 328 g/mol. The minimum Gasteiger partial charge on any atom is -0.490 e. The number of fused-ring (bicyclic) bond motifs is 1. The minimum atomic E-state index is -0.468. The molecule has 3 rings (SSSR count). The molecule has 8 nitrogen and oxygen atoms in total. The van der Waals surface area contributed by atoms with E-state index in [1.165, 1.54) is 10.7 Å². The molecule has 0 saturated heterocycles. The van der Waals surface area contributed by atoms with E-state index in [0.717, 1.165) is 0 Å². The van der Waals surface area contributed by atoms with E-state index in [1.807, 2.05) is 19.1 Å². The van der Waals surface area contributed by atoms with E-state index < -0.39 is 4.92 Å². The molecule has 0 bridgehead atoms. The maximum Gasteiger partial charge on any atom is 0.298 e. The van der Waals surface area contributed by atoms with Crippen LogP contribution in [0.4, 0.5) is 5.69 Å². The van der Waals surface area contributed by atoms with Crippen molar-refractivity contribution in [2.75, 3.05) is 13.2 Å². The van der Waals surface area contributed by atoms with Crippen LogP contribution in [0.5, 0.6) is 11.5 Å². The van der Waals surface area contributed by atoms with Crippen molar-refractivity contribution in [3.05, 3.63) is 46.5 Å². The molecule has 1 aromatic heterocycles. The number of para-hydroxylation sites is 1. The summed E-state index contributed by atoms with van der Waals surface area (Å²) in [6.45, 7) is 4.43. The zero-order chi connectivity index (χ0) is 17.1. The molecule has 0 aliphatic rings. The molecule has 1 heterocycles. The third-order valence-electron chi connectivity index (χ3n) is 3.42. The van der Waals surface area contributed by atoms with Gasteiger partial charge in [-0.2, -0.15) is 0 Å². The largest absolute Gasteiger partial charge is 0.490 e. The van der Waals surface area contributed by atoms with Crippen LogP contribution in [0.1, 0.15) is 13.8 Å². The fourth-order valence-corrected chi connectivity index (χ4v) is 2.44. The van der Waals surface area contributed by atoms with Gasteiger partial charge in [-0.15, -0.1) is 5.10 Å². The molecule has 2 aromatic carbocycles. The smallest absolute Gasteiger partial charge is 0.298 e. The molecule has 124 valence electrons. The van der Waals surface area contributed by atoms with E-state index in [2.05, 4.69) is 10.3 Å². The van der Waals surface area contributed by atoms with Crippen LogP contribution in [-0.2, 0) is 0 Å². The van der Waals surface area contributed by atoms with E-state index in [9.17, 15) is 10.1 Å². The van der Waals surface area contributed by atoms with Crippen LogP contribution in [-0.4, -0.2) is 33.1 Å².